The highest BCUT2D eigenvalue weighted by Crippen LogP contribution is 2.35. The zero-order chi connectivity index (χ0) is 27.2. The molecule has 3 rings (SSSR count). The zero-order valence-corrected chi connectivity index (χ0v) is 23.1. The largest absolute Gasteiger partial charge is 0.486 e. The second kappa shape index (κ2) is 12.5. The minimum Gasteiger partial charge on any atom is -0.486 e. The van der Waals surface area contributed by atoms with Crippen LogP contribution in [-0.4, -0.2) is 63.2 Å². The van der Waals surface area contributed by atoms with Crippen LogP contribution in [-0.2, 0) is 26.2 Å². The first-order valence-electron chi connectivity index (χ1n) is 12.2. The highest BCUT2D eigenvalue weighted by molar-refractivity contribution is 7.92. The van der Waals surface area contributed by atoms with Crippen LogP contribution in [0.3, 0.4) is 0 Å². The molecule has 9 nitrogen and oxygen atoms in total. The lowest BCUT2D eigenvalue weighted by molar-refractivity contribution is -0.139. The maximum atomic E-state index is 13.7. The predicted molar refractivity (Wildman–Crippen MR) is 144 cm³/mol. The highest BCUT2D eigenvalue weighted by Gasteiger charge is 2.32. The van der Waals surface area contributed by atoms with Gasteiger partial charge in [-0.05, 0) is 43.5 Å². The molecule has 1 aliphatic heterocycles. The first-order chi connectivity index (χ1) is 17.5. The lowest BCUT2D eigenvalue weighted by Gasteiger charge is -2.32. The first-order valence-corrected chi connectivity index (χ1v) is 14.2. The number of nitrogens with one attached hydrogen (secondary N) is 1. The molecule has 0 aromatic heterocycles. The molecule has 0 saturated heterocycles. The van der Waals surface area contributed by atoms with Gasteiger partial charge in [0.05, 0.1) is 11.4 Å². The fourth-order valence-electron chi connectivity index (χ4n) is 3.75. The van der Waals surface area contributed by atoms with E-state index in [4.69, 9.17) is 21.1 Å². The Hall–Kier alpha value is -2.98. The molecular formula is C26H34ClN3O6S. The first kappa shape index (κ1) is 28.6. The quantitative estimate of drug-likeness (QED) is 0.458. The van der Waals surface area contributed by atoms with Gasteiger partial charge < -0.3 is 19.7 Å². The molecular weight excluding hydrogens is 518 g/mol. The summed E-state index contributed by atoms with van der Waals surface area (Å²) in [6.45, 7) is 7.79. The van der Waals surface area contributed by atoms with Crippen LogP contribution in [0.5, 0.6) is 11.5 Å². The van der Waals surface area contributed by atoms with Crippen molar-refractivity contribution in [3.63, 3.8) is 0 Å². The van der Waals surface area contributed by atoms with E-state index >= 15 is 0 Å². The summed E-state index contributed by atoms with van der Waals surface area (Å²) >= 11 is 6.35. The Labute approximate surface area is 223 Å². The number of fused-ring (bicyclic) bond motifs is 1. The molecule has 0 aliphatic carbocycles. The molecule has 37 heavy (non-hydrogen) atoms. The molecule has 1 unspecified atom stereocenters. The third-order valence-corrected chi connectivity index (χ3v) is 8.05. The number of carbonyl (C=O) groups excluding carboxylic acids is 2. The van der Waals surface area contributed by atoms with Crippen molar-refractivity contribution >= 4 is 39.1 Å². The summed E-state index contributed by atoms with van der Waals surface area (Å²) in [6, 6.07) is 10.9. The second-order valence-corrected chi connectivity index (χ2v) is 11.8. The molecule has 0 bridgehead atoms. The van der Waals surface area contributed by atoms with E-state index in [1.165, 1.54) is 11.8 Å². The van der Waals surface area contributed by atoms with Gasteiger partial charge in [0, 0.05) is 24.2 Å². The maximum absolute atomic E-state index is 13.7. The number of hydrogen-bond acceptors (Lipinski definition) is 6. The Morgan fingerprint density at radius 2 is 1.73 bits per heavy atom. The molecule has 1 heterocycles. The Morgan fingerprint density at radius 3 is 2.38 bits per heavy atom. The van der Waals surface area contributed by atoms with Crippen LogP contribution in [0.15, 0.2) is 42.5 Å². The van der Waals surface area contributed by atoms with Crippen molar-refractivity contribution in [1.82, 2.24) is 10.2 Å². The van der Waals surface area contributed by atoms with Gasteiger partial charge in [-0.15, -0.1) is 0 Å². The predicted octanol–water partition coefficient (Wildman–Crippen LogP) is 3.46. The summed E-state index contributed by atoms with van der Waals surface area (Å²) in [5, 5.41) is 3.29. The van der Waals surface area contributed by atoms with E-state index in [9.17, 15) is 18.0 Å². The van der Waals surface area contributed by atoms with E-state index in [1.54, 1.807) is 49.4 Å². The van der Waals surface area contributed by atoms with Gasteiger partial charge in [0.1, 0.15) is 25.8 Å². The van der Waals surface area contributed by atoms with Crippen LogP contribution in [0.25, 0.3) is 0 Å². The number of nitrogens with zero attached hydrogens (tertiary/aromatic N) is 2. The number of sulfonamides is 1. The third kappa shape index (κ3) is 7.29. The van der Waals surface area contributed by atoms with Crippen molar-refractivity contribution in [2.45, 2.75) is 40.3 Å². The molecule has 0 fully saturated rings. The Balaban J connectivity index is 1.94. The number of anilines is 1. The fraction of sp³-hybridized carbons (Fsp3) is 0.462. The average Bonchev–Trinajstić information content (AvgIpc) is 2.88. The lowest BCUT2D eigenvalue weighted by atomic mass is 10.1. The number of rotatable bonds is 11. The minimum absolute atomic E-state index is 0.0376. The lowest BCUT2D eigenvalue weighted by Crippen LogP contribution is -2.51. The summed E-state index contributed by atoms with van der Waals surface area (Å²) in [5.41, 5.74) is 0.916. The molecule has 2 aromatic rings. The van der Waals surface area contributed by atoms with E-state index in [1.807, 2.05) is 13.8 Å². The molecule has 1 N–H and O–H groups in total. The molecule has 1 aliphatic rings. The van der Waals surface area contributed by atoms with E-state index in [-0.39, 0.29) is 29.8 Å². The molecule has 2 amide bonds. The SMILES string of the molecule is CCS(=O)(=O)N(CC(=O)N(Cc1ccccc1Cl)C(C)C(=O)NCC(C)C)c1ccc2c(c1)OCCO2. The van der Waals surface area contributed by atoms with Gasteiger partial charge in [-0.2, -0.15) is 0 Å². The zero-order valence-electron chi connectivity index (χ0n) is 21.6. The monoisotopic (exact) mass is 551 g/mol. The maximum Gasteiger partial charge on any atom is 0.244 e. The highest BCUT2D eigenvalue weighted by atomic mass is 35.5. The molecule has 202 valence electrons. The van der Waals surface area contributed by atoms with Gasteiger partial charge in [0.2, 0.25) is 21.8 Å². The number of halogens is 1. The topological polar surface area (TPSA) is 105 Å². The number of hydrogen-bond donors (Lipinski definition) is 1. The van der Waals surface area contributed by atoms with Gasteiger partial charge in [0.15, 0.2) is 11.5 Å². The Bertz CT molecular complexity index is 1220. The number of benzene rings is 2. The number of ether oxygens (including phenoxy) is 2. The summed E-state index contributed by atoms with van der Waals surface area (Å²) < 4.78 is 38.4. The number of carbonyl (C=O) groups is 2. The molecule has 2 aromatic carbocycles. The molecule has 0 spiro atoms. The van der Waals surface area contributed by atoms with Gasteiger partial charge in [-0.3, -0.25) is 13.9 Å². The summed E-state index contributed by atoms with van der Waals surface area (Å²) in [6.07, 6.45) is 0. The van der Waals surface area contributed by atoms with E-state index in [2.05, 4.69) is 5.32 Å². The van der Waals surface area contributed by atoms with Crippen molar-refractivity contribution in [3.05, 3.63) is 53.1 Å². The molecule has 0 radical (unpaired) electrons. The van der Waals surface area contributed by atoms with E-state index in [0.29, 0.717) is 41.8 Å². The standard InChI is InChI=1S/C26H34ClN3O6S/c1-5-37(33,34)30(21-10-11-23-24(14-21)36-13-12-35-23)17-25(31)29(16-20-8-6-7-9-22(20)27)19(4)26(32)28-15-18(2)3/h6-11,14,18-19H,5,12-13,15-17H2,1-4H3,(H,28,32). The minimum atomic E-state index is -3.85. The van der Waals surface area contributed by atoms with Crippen molar-refractivity contribution < 1.29 is 27.5 Å². The third-order valence-electron chi connectivity index (χ3n) is 5.94. The van der Waals surface area contributed by atoms with Gasteiger partial charge in [-0.1, -0.05) is 43.6 Å². The second-order valence-electron chi connectivity index (χ2n) is 9.16. The molecule has 0 saturated carbocycles. The Kier molecular flexibility index (Phi) is 9.67. The van der Waals surface area contributed by atoms with Gasteiger partial charge >= 0.3 is 0 Å². The van der Waals surface area contributed by atoms with Gasteiger partial charge in [0.25, 0.3) is 0 Å². The van der Waals surface area contributed by atoms with Crippen LogP contribution in [0.4, 0.5) is 5.69 Å². The van der Waals surface area contributed by atoms with Crippen molar-refractivity contribution in [3.8, 4) is 11.5 Å². The average molecular weight is 552 g/mol. The van der Waals surface area contributed by atoms with Crippen molar-refractivity contribution in [2.24, 2.45) is 5.92 Å². The fourth-order valence-corrected chi connectivity index (χ4v) is 5.00. The summed E-state index contributed by atoms with van der Waals surface area (Å²) in [7, 11) is -3.85. The van der Waals surface area contributed by atoms with Crippen LogP contribution >= 0.6 is 11.6 Å². The van der Waals surface area contributed by atoms with Crippen molar-refractivity contribution in [1.29, 1.82) is 0 Å². The van der Waals surface area contributed by atoms with E-state index < -0.39 is 28.5 Å². The van der Waals surface area contributed by atoms with Crippen LogP contribution < -0.4 is 19.1 Å². The summed E-state index contributed by atoms with van der Waals surface area (Å²) in [5.74, 6) is 0.0402. The van der Waals surface area contributed by atoms with E-state index in [0.717, 1.165) is 4.31 Å². The Morgan fingerprint density at radius 1 is 1.05 bits per heavy atom. The van der Waals surface area contributed by atoms with Crippen LogP contribution in [0.1, 0.15) is 33.3 Å². The summed E-state index contributed by atoms with van der Waals surface area (Å²) in [4.78, 5) is 28.0. The van der Waals surface area contributed by atoms with Crippen LogP contribution in [0, 0.1) is 5.92 Å². The van der Waals surface area contributed by atoms with Crippen LogP contribution in [0.2, 0.25) is 5.02 Å². The van der Waals surface area contributed by atoms with Crippen molar-refractivity contribution in [2.75, 3.05) is 36.4 Å². The number of amides is 2. The molecule has 1 atom stereocenters. The molecule has 11 heteroatoms. The smallest absolute Gasteiger partial charge is 0.244 e. The normalized spacial score (nSPS) is 13.7. The van der Waals surface area contributed by atoms with Gasteiger partial charge in [-0.25, -0.2) is 8.42 Å².